The summed E-state index contributed by atoms with van der Waals surface area (Å²) in [4.78, 5) is 11.2. The van der Waals surface area contributed by atoms with Crippen LogP contribution in [0.25, 0.3) is 15.8 Å². The van der Waals surface area contributed by atoms with Gasteiger partial charge in [-0.2, -0.15) is 0 Å². The van der Waals surface area contributed by atoms with Crippen molar-refractivity contribution in [2.75, 3.05) is 5.32 Å². The van der Waals surface area contributed by atoms with Gasteiger partial charge in [-0.05, 0) is 47.7 Å². The largest absolute Gasteiger partial charge is 0.365 e. The number of nitrogens with one attached hydrogen (secondary N) is 1. The van der Waals surface area contributed by atoms with Crippen LogP contribution < -0.4 is 5.32 Å². The normalized spacial score (nSPS) is 18.1. The molecule has 1 unspecified atom stereocenters. The number of benzene rings is 1. The van der Waals surface area contributed by atoms with Crippen LogP contribution in [-0.2, 0) is 6.54 Å². The highest BCUT2D eigenvalue weighted by molar-refractivity contribution is 7.19. The van der Waals surface area contributed by atoms with E-state index in [4.69, 9.17) is 11.6 Å². The molecule has 1 N–H and O–H groups in total. The van der Waals surface area contributed by atoms with Crippen LogP contribution in [0, 0.1) is 5.82 Å². The second-order valence-electron chi connectivity index (χ2n) is 6.13. The van der Waals surface area contributed by atoms with Crippen LogP contribution in [0.2, 0.25) is 5.28 Å². The molecule has 0 saturated heterocycles. The van der Waals surface area contributed by atoms with E-state index in [9.17, 15) is 4.39 Å². The minimum absolute atomic E-state index is 0.232. The fourth-order valence-electron chi connectivity index (χ4n) is 3.61. The molecule has 1 atom stereocenters. The number of nitrogens with zero attached hydrogens (tertiary/aromatic N) is 2. The number of halogens is 2. The van der Waals surface area contributed by atoms with Gasteiger partial charge in [0.05, 0.1) is 5.39 Å². The number of thiophene rings is 1. The average molecular weight is 358 g/mol. The summed E-state index contributed by atoms with van der Waals surface area (Å²) in [6.45, 7) is 0.565. The van der Waals surface area contributed by atoms with Crippen LogP contribution in [0.1, 0.15) is 34.8 Å². The van der Waals surface area contributed by atoms with Gasteiger partial charge in [-0.25, -0.2) is 14.4 Å². The van der Waals surface area contributed by atoms with Gasteiger partial charge in [-0.15, -0.1) is 11.3 Å². The van der Waals surface area contributed by atoms with E-state index in [-0.39, 0.29) is 11.1 Å². The molecular weight excluding hydrogens is 345 g/mol. The van der Waals surface area contributed by atoms with Crippen LogP contribution in [0.15, 0.2) is 30.3 Å². The van der Waals surface area contributed by atoms with Crippen molar-refractivity contribution in [3.8, 4) is 0 Å². The van der Waals surface area contributed by atoms with E-state index in [0.717, 1.165) is 28.0 Å². The Morgan fingerprint density at radius 3 is 2.92 bits per heavy atom. The molecule has 2 aliphatic carbocycles. The van der Waals surface area contributed by atoms with E-state index >= 15 is 0 Å². The molecule has 3 nitrogen and oxygen atoms in total. The monoisotopic (exact) mass is 357 g/mol. The van der Waals surface area contributed by atoms with Crippen molar-refractivity contribution < 1.29 is 4.39 Å². The molecule has 0 spiro atoms. The molecule has 5 rings (SSSR count). The van der Waals surface area contributed by atoms with E-state index in [2.05, 4.69) is 21.4 Å². The predicted molar refractivity (Wildman–Crippen MR) is 96.1 cm³/mol. The zero-order valence-corrected chi connectivity index (χ0v) is 14.2. The van der Waals surface area contributed by atoms with Gasteiger partial charge in [0.15, 0.2) is 0 Å². The number of anilines is 1. The Kier molecular flexibility index (Phi) is 3.15. The third kappa shape index (κ3) is 2.08. The number of rotatable bonds is 3. The highest BCUT2D eigenvalue weighted by Crippen LogP contribution is 2.59. The molecule has 0 bridgehead atoms. The molecule has 24 heavy (non-hydrogen) atoms. The summed E-state index contributed by atoms with van der Waals surface area (Å²) in [5.41, 5.74) is 3.73. The number of hydrogen-bond acceptors (Lipinski definition) is 4. The van der Waals surface area contributed by atoms with Gasteiger partial charge in [0.25, 0.3) is 0 Å². The third-order valence-electron chi connectivity index (χ3n) is 4.72. The van der Waals surface area contributed by atoms with Crippen LogP contribution in [0.4, 0.5) is 10.2 Å². The SMILES string of the molecule is Fc1ccc(CNc2nc(Cl)nc3sc4c(c23)C2=CCCC24)cc1. The summed E-state index contributed by atoms with van der Waals surface area (Å²) >= 11 is 7.84. The van der Waals surface area contributed by atoms with E-state index in [1.54, 1.807) is 23.5 Å². The summed E-state index contributed by atoms with van der Waals surface area (Å²) in [6, 6.07) is 6.46. The maximum atomic E-state index is 13.0. The maximum absolute atomic E-state index is 13.0. The van der Waals surface area contributed by atoms with Crippen molar-refractivity contribution in [3.63, 3.8) is 0 Å². The highest BCUT2D eigenvalue weighted by Gasteiger charge is 2.39. The molecule has 3 aromatic rings. The van der Waals surface area contributed by atoms with Crippen LogP contribution in [0.3, 0.4) is 0 Å². The standard InChI is InChI=1S/C18H13ClFN3S/c19-18-22-16(21-8-9-4-6-10(20)7-5-9)14-13-11-2-1-3-12(11)15(13)24-17(14)23-18/h2,4-7,12H,1,3,8H2,(H,21,22,23). The van der Waals surface area contributed by atoms with Crippen molar-refractivity contribution in [2.24, 2.45) is 0 Å². The van der Waals surface area contributed by atoms with Gasteiger partial charge in [0.1, 0.15) is 16.5 Å². The summed E-state index contributed by atoms with van der Waals surface area (Å²) in [6.07, 6.45) is 4.68. The van der Waals surface area contributed by atoms with Crippen LogP contribution >= 0.6 is 22.9 Å². The van der Waals surface area contributed by atoms with Crippen LogP contribution in [0.5, 0.6) is 0 Å². The molecule has 2 heterocycles. The predicted octanol–water partition coefficient (Wildman–Crippen LogP) is 5.37. The van der Waals surface area contributed by atoms with Crippen molar-refractivity contribution in [1.29, 1.82) is 0 Å². The first-order valence-corrected chi connectivity index (χ1v) is 9.09. The van der Waals surface area contributed by atoms with Crippen molar-refractivity contribution in [2.45, 2.75) is 25.3 Å². The van der Waals surface area contributed by atoms with Gasteiger partial charge in [0, 0.05) is 22.9 Å². The van der Waals surface area contributed by atoms with E-state index in [1.165, 1.54) is 34.6 Å². The molecule has 0 fully saturated rings. The van der Waals surface area contributed by atoms with Crippen molar-refractivity contribution in [3.05, 3.63) is 57.4 Å². The van der Waals surface area contributed by atoms with E-state index < -0.39 is 0 Å². The number of allylic oxidation sites excluding steroid dienone is 2. The Hall–Kier alpha value is -1.98. The summed E-state index contributed by atoms with van der Waals surface area (Å²) < 4.78 is 13.0. The Balaban J connectivity index is 1.55. The average Bonchev–Trinajstić information content (AvgIpc) is 3.11. The lowest BCUT2D eigenvalue weighted by atomic mass is 9.80. The fourth-order valence-corrected chi connectivity index (χ4v) is 5.18. The minimum Gasteiger partial charge on any atom is -0.365 e. The lowest BCUT2D eigenvalue weighted by molar-refractivity contribution is 0.627. The van der Waals surface area contributed by atoms with E-state index in [0.29, 0.717) is 12.5 Å². The van der Waals surface area contributed by atoms with Gasteiger partial charge in [-0.3, -0.25) is 0 Å². The zero-order chi connectivity index (χ0) is 16.3. The molecule has 0 radical (unpaired) electrons. The molecule has 0 amide bonds. The molecule has 2 aromatic heterocycles. The minimum atomic E-state index is -0.232. The fraction of sp³-hybridized carbons (Fsp3) is 0.222. The van der Waals surface area contributed by atoms with Crippen molar-refractivity contribution in [1.82, 2.24) is 9.97 Å². The van der Waals surface area contributed by atoms with Crippen molar-refractivity contribution >= 4 is 44.5 Å². The summed E-state index contributed by atoms with van der Waals surface area (Å²) in [5, 5.41) is 4.68. The molecule has 120 valence electrons. The second kappa shape index (κ2) is 5.26. The highest BCUT2D eigenvalue weighted by atomic mass is 35.5. The summed E-state index contributed by atoms with van der Waals surface area (Å²) in [7, 11) is 0. The van der Waals surface area contributed by atoms with Crippen LogP contribution in [-0.4, -0.2) is 9.97 Å². The molecule has 6 heteroatoms. The van der Waals surface area contributed by atoms with Gasteiger partial charge in [-0.1, -0.05) is 18.2 Å². The Morgan fingerprint density at radius 1 is 1.25 bits per heavy atom. The quantitative estimate of drug-likeness (QED) is 0.640. The zero-order valence-electron chi connectivity index (χ0n) is 12.6. The molecule has 0 aliphatic heterocycles. The smallest absolute Gasteiger partial charge is 0.225 e. The van der Waals surface area contributed by atoms with Gasteiger partial charge < -0.3 is 5.32 Å². The Labute approximate surface area is 147 Å². The topological polar surface area (TPSA) is 37.8 Å². The first-order chi connectivity index (χ1) is 11.7. The number of aromatic nitrogens is 2. The molecule has 1 aromatic carbocycles. The maximum Gasteiger partial charge on any atom is 0.225 e. The van der Waals surface area contributed by atoms with E-state index in [1.807, 2.05) is 0 Å². The molecular formula is C18H13ClFN3S. The lowest BCUT2D eigenvalue weighted by Crippen LogP contribution is -2.10. The lowest BCUT2D eigenvalue weighted by Gasteiger charge is -2.26. The number of fused-ring (bicyclic) bond motifs is 6. The molecule has 0 saturated carbocycles. The second-order valence-corrected chi connectivity index (χ2v) is 7.50. The van der Waals surface area contributed by atoms with Gasteiger partial charge in [0.2, 0.25) is 5.28 Å². The third-order valence-corrected chi connectivity index (χ3v) is 6.09. The number of hydrogen-bond donors (Lipinski definition) is 1. The van der Waals surface area contributed by atoms with Gasteiger partial charge >= 0.3 is 0 Å². The first kappa shape index (κ1) is 14.4. The Bertz CT molecular complexity index is 994. The first-order valence-electron chi connectivity index (χ1n) is 7.89. The molecule has 2 aliphatic rings. The Morgan fingerprint density at radius 2 is 2.08 bits per heavy atom. The summed E-state index contributed by atoms with van der Waals surface area (Å²) in [5.74, 6) is 1.12.